The molecule has 0 saturated carbocycles. The predicted molar refractivity (Wildman–Crippen MR) is 72.7 cm³/mol. The van der Waals surface area contributed by atoms with Gasteiger partial charge in [-0.25, -0.2) is 23.1 Å². The van der Waals surface area contributed by atoms with Gasteiger partial charge in [-0.1, -0.05) is 22.9 Å². The van der Waals surface area contributed by atoms with Crippen LogP contribution in [0.4, 0.5) is 0 Å². The number of sulfonamides is 1. The molecule has 9 heteroatoms. The van der Waals surface area contributed by atoms with Gasteiger partial charge in [0.15, 0.2) is 8.68 Å². The molecule has 0 aromatic carbocycles. The average Bonchev–Trinajstić information content (AvgIpc) is 2.86. The van der Waals surface area contributed by atoms with E-state index >= 15 is 0 Å². The van der Waals surface area contributed by atoms with E-state index in [1.54, 1.807) is 13.1 Å². The zero-order valence-corrected chi connectivity index (χ0v) is 12.8. The van der Waals surface area contributed by atoms with Gasteiger partial charge in [-0.05, 0) is 13.8 Å². The molecule has 0 spiro atoms. The molecule has 0 aliphatic carbocycles. The molecule has 1 N–H and O–H groups in total. The van der Waals surface area contributed by atoms with E-state index < -0.39 is 10.0 Å². The maximum atomic E-state index is 12.0. The second kappa shape index (κ2) is 5.22. The average molecular weight is 324 g/mol. The molecule has 98 valence electrons. The summed E-state index contributed by atoms with van der Waals surface area (Å²) in [6, 6.07) is -0.380. The molecule has 0 bridgehead atoms. The number of thiazole rings is 2. The van der Waals surface area contributed by atoms with Gasteiger partial charge in [-0.3, -0.25) is 0 Å². The summed E-state index contributed by atoms with van der Waals surface area (Å²) in [6.45, 7) is 3.67. The first-order valence-electron chi connectivity index (χ1n) is 4.94. The minimum Gasteiger partial charge on any atom is -0.248 e. The SMILES string of the molecule is Cc1cnc(C(C)NS(=O)(=O)c2cnc(Cl)s2)s1. The van der Waals surface area contributed by atoms with E-state index in [1.807, 2.05) is 6.92 Å². The third-order valence-corrected chi connectivity index (χ3v) is 6.27. The van der Waals surface area contributed by atoms with Crippen molar-refractivity contribution in [3.05, 3.63) is 26.7 Å². The number of nitrogens with zero attached hydrogens (tertiary/aromatic N) is 2. The van der Waals surface area contributed by atoms with E-state index in [-0.39, 0.29) is 14.7 Å². The highest BCUT2D eigenvalue weighted by Crippen LogP contribution is 2.25. The second-order valence-electron chi connectivity index (χ2n) is 3.58. The summed E-state index contributed by atoms with van der Waals surface area (Å²) in [6.07, 6.45) is 2.96. The van der Waals surface area contributed by atoms with Gasteiger partial charge in [0.2, 0.25) is 0 Å². The van der Waals surface area contributed by atoms with Crippen LogP contribution in [0.5, 0.6) is 0 Å². The largest absolute Gasteiger partial charge is 0.252 e. The Balaban J connectivity index is 2.18. The minimum absolute atomic E-state index is 0.104. The summed E-state index contributed by atoms with van der Waals surface area (Å²) < 4.78 is 26.9. The van der Waals surface area contributed by atoms with E-state index in [1.165, 1.54) is 17.5 Å². The molecule has 2 heterocycles. The van der Waals surface area contributed by atoms with Crippen LogP contribution in [0.3, 0.4) is 0 Å². The Morgan fingerprint density at radius 2 is 2.06 bits per heavy atom. The summed E-state index contributed by atoms with van der Waals surface area (Å²) in [5.41, 5.74) is 0. The number of nitrogens with one attached hydrogen (secondary N) is 1. The van der Waals surface area contributed by atoms with Gasteiger partial charge in [0.05, 0.1) is 12.2 Å². The molecule has 0 saturated heterocycles. The fourth-order valence-electron chi connectivity index (χ4n) is 1.28. The van der Waals surface area contributed by atoms with Gasteiger partial charge in [-0.2, -0.15) is 0 Å². The number of aromatic nitrogens is 2. The van der Waals surface area contributed by atoms with Gasteiger partial charge in [-0.15, -0.1) is 11.3 Å². The third kappa shape index (κ3) is 3.07. The zero-order chi connectivity index (χ0) is 13.3. The first-order chi connectivity index (χ1) is 8.38. The van der Waals surface area contributed by atoms with Crippen molar-refractivity contribution in [3.63, 3.8) is 0 Å². The second-order valence-corrected chi connectivity index (χ2v) is 8.40. The molecule has 1 unspecified atom stereocenters. The van der Waals surface area contributed by atoms with Gasteiger partial charge < -0.3 is 0 Å². The van der Waals surface area contributed by atoms with Crippen molar-refractivity contribution in [3.8, 4) is 0 Å². The molecule has 0 aliphatic heterocycles. The van der Waals surface area contributed by atoms with Crippen molar-refractivity contribution in [2.75, 3.05) is 0 Å². The maximum absolute atomic E-state index is 12.0. The monoisotopic (exact) mass is 323 g/mol. The van der Waals surface area contributed by atoms with Crippen LogP contribution in [0.25, 0.3) is 0 Å². The van der Waals surface area contributed by atoms with Crippen molar-refractivity contribution >= 4 is 44.3 Å². The summed E-state index contributed by atoms with van der Waals surface area (Å²) in [5, 5.41) is 0.728. The maximum Gasteiger partial charge on any atom is 0.252 e. The normalized spacial score (nSPS) is 13.7. The molecule has 2 aromatic rings. The number of hydrogen-bond donors (Lipinski definition) is 1. The van der Waals surface area contributed by atoms with Crippen molar-refractivity contribution in [1.82, 2.24) is 14.7 Å². The third-order valence-electron chi connectivity index (χ3n) is 2.06. The Bertz CT molecular complexity index is 650. The Morgan fingerprint density at radius 1 is 1.33 bits per heavy atom. The van der Waals surface area contributed by atoms with Gasteiger partial charge in [0, 0.05) is 11.1 Å². The summed E-state index contributed by atoms with van der Waals surface area (Å²) >= 11 is 8.01. The summed E-state index contributed by atoms with van der Waals surface area (Å²) in [7, 11) is -3.59. The lowest BCUT2D eigenvalue weighted by Gasteiger charge is -2.09. The van der Waals surface area contributed by atoms with E-state index in [4.69, 9.17) is 11.6 Å². The molecule has 5 nitrogen and oxygen atoms in total. The zero-order valence-electron chi connectivity index (χ0n) is 9.55. The minimum atomic E-state index is -3.59. The molecular formula is C9H10ClN3O2S3. The van der Waals surface area contributed by atoms with E-state index in [9.17, 15) is 8.42 Å². The fourth-order valence-corrected chi connectivity index (χ4v) is 4.64. The van der Waals surface area contributed by atoms with Gasteiger partial charge >= 0.3 is 0 Å². The fraction of sp³-hybridized carbons (Fsp3) is 0.333. The molecule has 0 radical (unpaired) electrons. The Morgan fingerprint density at radius 3 is 2.56 bits per heavy atom. The van der Waals surface area contributed by atoms with Crippen LogP contribution in [-0.4, -0.2) is 18.4 Å². The number of rotatable bonds is 4. The van der Waals surface area contributed by atoms with Crippen LogP contribution in [0.2, 0.25) is 4.47 Å². The van der Waals surface area contributed by atoms with E-state index in [0.717, 1.165) is 21.2 Å². The number of hydrogen-bond acceptors (Lipinski definition) is 6. The Labute approximate surface area is 118 Å². The van der Waals surface area contributed by atoms with Gasteiger partial charge in [0.1, 0.15) is 5.01 Å². The molecule has 18 heavy (non-hydrogen) atoms. The Kier molecular flexibility index (Phi) is 4.02. The van der Waals surface area contributed by atoms with Crippen molar-refractivity contribution in [2.24, 2.45) is 0 Å². The van der Waals surface area contributed by atoms with E-state index in [0.29, 0.717) is 0 Å². The lowest BCUT2D eigenvalue weighted by molar-refractivity contribution is 0.568. The number of aryl methyl sites for hydroxylation is 1. The molecule has 0 fully saturated rings. The molecule has 2 rings (SSSR count). The van der Waals surface area contributed by atoms with Crippen molar-refractivity contribution in [1.29, 1.82) is 0 Å². The first kappa shape index (κ1) is 13.9. The summed E-state index contributed by atoms with van der Waals surface area (Å²) in [5.74, 6) is 0. The van der Waals surface area contributed by atoms with Crippen LogP contribution in [-0.2, 0) is 10.0 Å². The van der Waals surface area contributed by atoms with Crippen LogP contribution < -0.4 is 4.72 Å². The molecule has 1 atom stereocenters. The lowest BCUT2D eigenvalue weighted by atomic mass is 10.4. The highest BCUT2D eigenvalue weighted by Gasteiger charge is 2.22. The van der Waals surface area contributed by atoms with Crippen LogP contribution in [0.15, 0.2) is 16.6 Å². The lowest BCUT2D eigenvalue weighted by Crippen LogP contribution is -2.26. The highest BCUT2D eigenvalue weighted by molar-refractivity contribution is 7.91. The highest BCUT2D eigenvalue weighted by atomic mass is 35.5. The van der Waals surface area contributed by atoms with Gasteiger partial charge in [0.25, 0.3) is 10.0 Å². The predicted octanol–water partition coefficient (Wildman–Crippen LogP) is 2.60. The van der Waals surface area contributed by atoms with Crippen molar-refractivity contribution < 1.29 is 8.42 Å². The molecular weight excluding hydrogens is 314 g/mol. The molecule has 0 amide bonds. The molecule has 2 aromatic heterocycles. The van der Waals surface area contributed by atoms with Crippen LogP contribution in [0, 0.1) is 6.92 Å². The quantitative estimate of drug-likeness (QED) is 0.938. The smallest absolute Gasteiger partial charge is 0.248 e. The van der Waals surface area contributed by atoms with Crippen LogP contribution in [0.1, 0.15) is 22.9 Å². The standard InChI is InChI=1S/C9H10ClN3O2S3/c1-5-3-11-8(16-5)6(2)13-18(14,15)7-4-12-9(10)17-7/h3-4,6,13H,1-2H3. The van der Waals surface area contributed by atoms with Crippen molar-refractivity contribution in [2.45, 2.75) is 24.1 Å². The van der Waals surface area contributed by atoms with Crippen LogP contribution >= 0.6 is 34.3 Å². The Hall–Kier alpha value is -0.540. The van der Waals surface area contributed by atoms with E-state index in [2.05, 4.69) is 14.7 Å². The summed E-state index contributed by atoms with van der Waals surface area (Å²) in [4.78, 5) is 8.91. The molecule has 0 aliphatic rings. The number of halogens is 1. The first-order valence-corrected chi connectivity index (χ1v) is 8.44. The topological polar surface area (TPSA) is 72.0 Å².